The first-order chi connectivity index (χ1) is 14.1. The average molecular weight is 394 g/mol. The number of anilines is 2. The van der Waals surface area contributed by atoms with E-state index in [1.165, 1.54) is 0 Å². The quantitative estimate of drug-likeness (QED) is 0.689. The van der Waals surface area contributed by atoms with Crippen molar-refractivity contribution in [3.8, 4) is 11.5 Å². The Bertz CT molecular complexity index is 1070. The number of hydrogen-bond donors (Lipinski definition) is 1. The lowest BCUT2D eigenvalue weighted by atomic mass is 10.1. The van der Waals surface area contributed by atoms with Crippen LogP contribution in [0.5, 0.6) is 11.5 Å². The summed E-state index contributed by atoms with van der Waals surface area (Å²) in [5.41, 5.74) is 2.80. The zero-order valence-electron chi connectivity index (χ0n) is 16.4. The van der Waals surface area contributed by atoms with Crippen molar-refractivity contribution >= 4 is 34.2 Å². The Kier molecular flexibility index (Phi) is 5.12. The first-order valence-corrected chi connectivity index (χ1v) is 9.41. The lowest BCUT2D eigenvalue weighted by molar-refractivity contribution is -0.117. The summed E-state index contributed by atoms with van der Waals surface area (Å²) in [6.07, 6.45) is 3.15. The minimum absolute atomic E-state index is 0.0866. The smallest absolute Gasteiger partial charge is 0.228 e. The molecule has 1 saturated heterocycles. The summed E-state index contributed by atoms with van der Waals surface area (Å²) in [5, 5.41) is 3.76. The number of carbonyl (C=O) groups excluding carboxylic acids is 2. The standard InChI is InChI=1S/C22H22N2O5/c1-27-16-6-7-17-14(13-29-19(17)12-16)10-21(25)23-15-5-8-18(20(11-15)28-2)24-9-3-4-22(24)26/h5-8,11-13H,3-4,9-10H2,1-2H3,(H,23,25). The van der Waals surface area contributed by atoms with Crippen LogP contribution in [0.2, 0.25) is 0 Å². The molecule has 3 aromatic rings. The van der Waals surface area contributed by atoms with E-state index in [0.717, 1.165) is 23.1 Å². The molecule has 0 saturated carbocycles. The fourth-order valence-electron chi connectivity index (χ4n) is 3.59. The highest BCUT2D eigenvalue weighted by molar-refractivity contribution is 5.98. The summed E-state index contributed by atoms with van der Waals surface area (Å²) in [7, 11) is 3.15. The molecule has 2 amide bonds. The molecular formula is C22H22N2O5. The minimum Gasteiger partial charge on any atom is -0.497 e. The molecule has 0 bridgehead atoms. The van der Waals surface area contributed by atoms with E-state index in [1.54, 1.807) is 49.6 Å². The van der Waals surface area contributed by atoms with Crippen LogP contribution in [0, 0.1) is 0 Å². The first kappa shape index (κ1) is 18.9. The number of ether oxygens (including phenoxy) is 2. The van der Waals surface area contributed by atoms with Gasteiger partial charge in [0.15, 0.2) is 0 Å². The van der Waals surface area contributed by atoms with Crippen LogP contribution in [0.3, 0.4) is 0 Å². The maximum Gasteiger partial charge on any atom is 0.228 e. The Morgan fingerprint density at radius 2 is 2.03 bits per heavy atom. The molecule has 150 valence electrons. The molecule has 2 aromatic carbocycles. The van der Waals surface area contributed by atoms with Crippen molar-refractivity contribution in [1.29, 1.82) is 0 Å². The van der Waals surface area contributed by atoms with Gasteiger partial charge in [0, 0.05) is 41.7 Å². The van der Waals surface area contributed by atoms with Gasteiger partial charge in [-0.3, -0.25) is 9.59 Å². The lowest BCUT2D eigenvalue weighted by Gasteiger charge is -2.19. The molecule has 7 heteroatoms. The first-order valence-electron chi connectivity index (χ1n) is 9.41. The van der Waals surface area contributed by atoms with Gasteiger partial charge in [-0.1, -0.05) is 0 Å². The van der Waals surface area contributed by atoms with Gasteiger partial charge in [-0.05, 0) is 30.7 Å². The van der Waals surface area contributed by atoms with Crippen molar-refractivity contribution in [2.75, 3.05) is 31.0 Å². The Balaban J connectivity index is 1.49. The van der Waals surface area contributed by atoms with Crippen LogP contribution >= 0.6 is 0 Å². The largest absolute Gasteiger partial charge is 0.497 e. The topological polar surface area (TPSA) is 81.0 Å². The molecule has 4 rings (SSSR count). The molecular weight excluding hydrogens is 372 g/mol. The van der Waals surface area contributed by atoms with Gasteiger partial charge in [0.1, 0.15) is 17.1 Å². The van der Waals surface area contributed by atoms with Crippen molar-refractivity contribution in [3.63, 3.8) is 0 Å². The number of nitrogens with zero attached hydrogens (tertiary/aromatic N) is 1. The van der Waals surface area contributed by atoms with Gasteiger partial charge in [0.2, 0.25) is 11.8 Å². The average Bonchev–Trinajstić information content (AvgIpc) is 3.33. The summed E-state index contributed by atoms with van der Waals surface area (Å²) in [6.45, 7) is 0.680. The second-order valence-corrected chi connectivity index (χ2v) is 6.88. The van der Waals surface area contributed by atoms with Gasteiger partial charge in [0.25, 0.3) is 0 Å². The van der Waals surface area contributed by atoms with Gasteiger partial charge >= 0.3 is 0 Å². The van der Waals surface area contributed by atoms with Crippen LogP contribution in [0.25, 0.3) is 11.0 Å². The predicted molar refractivity (Wildman–Crippen MR) is 110 cm³/mol. The fourth-order valence-corrected chi connectivity index (χ4v) is 3.59. The van der Waals surface area contributed by atoms with Crippen LogP contribution in [0.15, 0.2) is 47.1 Å². The molecule has 0 atom stereocenters. The lowest BCUT2D eigenvalue weighted by Crippen LogP contribution is -2.24. The third kappa shape index (κ3) is 3.76. The molecule has 1 N–H and O–H groups in total. The van der Waals surface area contributed by atoms with Crippen LogP contribution in [-0.4, -0.2) is 32.6 Å². The number of fused-ring (bicyclic) bond motifs is 1. The maximum atomic E-state index is 12.6. The van der Waals surface area contributed by atoms with Gasteiger partial charge < -0.3 is 24.1 Å². The number of hydrogen-bond acceptors (Lipinski definition) is 5. The SMILES string of the molecule is COc1ccc2c(CC(=O)Nc3ccc(N4CCCC4=O)c(OC)c3)coc2c1. The molecule has 29 heavy (non-hydrogen) atoms. The number of carbonyl (C=O) groups is 2. The predicted octanol–water partition coefficient (Wildman–Crippen LogP) is 3.76. The molecule has 0 radical (unpaired) electrons. The van der Waals surface area contributed by atoms with Crippen LogP contribution in [-0.2, 0) is 16.0 Å². The third-order valence-electron chi connectivity index (χ3n) is 5.04. The summed E-state index contributed by atoms with van der Waals surface area (Å²) < 4.78 is 16.2. The second-order valence-electron chi connectivity index (χ2n) is 6.88. The monoisotopic (exact) mass is 394 g/mol. The molecule has 2 heterocycles. The zero-order chi connectivity index (χ0) is 20.4. The van der Waals surface area contributed by atoms with Crippen molar-refractivity contribution in [3.05, 3.63) is 48.2 Å². The zero-order valence-corrected chi connectivity index (χ0v) is 16.4. The number of rotatable bonds is 6. The van der Waals surface area contributed by atoms with E-state index in [2.05, 4.69) is 5.32 Å². The van der Waals surface area contributed by atoms with Crippen molar-refractivity contribution in [2.45, 2.75) is 19.3 Å². The van der Waals surface area contributed by atoms with Crippen molar-refractivity contribution < 1.29 is 23.5 Å². The Morgan fingerprint density at radius 3 is 2.76 bits per heavy atom. The molecule has 1 fully saturated rings. The van der Waals surface area contributed by atoms with Crippen molar-refractivity contribution in [2.24, 2.45) is 0 Å². The third-order valence-corrected chi connectivity index (χ3v) is 5.04. The normalized spacial score (nSPS) is 13.7. The molecule has 0 aliphatic carbocycles. The van der Waals surface area contributed by atoms with Gasteiger partial charge in [-0.15, -0.1) is 0 Å². The highest BCUT2D eigenvalue weighted by Gasteiger charge is 2.24. The summed E-state index contributed by atoms with van der Waals surface area (Å²) in [6, 6.07) is 10.8. The number of methoxy groups -OCH3 is 2. The van der Waals surface area contributed by atoms with E-state index in [0.29, 0.717) is 35.7 Å². The minimum atomic E-state index is -0.171. The Morgan fingerprint density at radius 1 is 1.17 bits per heavy atom. The van der Waals surface area contributed by atoms with E-state index in [-0.39, 0.29) is 18.2 Å². The molecule has 1 aliphatic rings. The van der Waals surface area contributed by atoms with Gasteiger partial charge in [-0.25, -0.2) is 0 Å². The van der Waals surface area contributed by atoms with E-state index < -0.39 is 0 Å². The number of amides is 2. The highest BCUT2D eigenvalue weighted by Crippen LogP contribution is 2.34. The van der Waals surface area contributed by atoms with E-state index in [4.69, 9.17) is 13.9 Å². The summed E-state index contributed by atoms with van der Waals surface area (Å²) >= 11 is 0. The molecule has 0 spiro atoms. The number of nitrogens with one attached hydrogen (secondary N) is 1. The maximum absolute atomic E-state index is 12.6. The fraction of sp³-hybridized carbons (Fsp3) is 0.273. The highest BCUT2D eigenvalue weighted by atomic mass is 16.5. The van der Waals surface area contributed by atoms with Crippen LogP contribution in [0.4, 0.5) is 11.4 Å². The van der Waals surface area contributed by atoms with Crippen LogP contribution in [0.1, 0.15) is 18.4 Å². The molecule has 7 nitrogen and oxygen atoms in total. The van der Waals surface area contributed by atoms with E-state index in [9.17, 15) is 9.59 Å². The molecule has 1 aliphatic heterocycles. The van der Waals surface area contributed by atoms with Crippen LogP contribution < -0.4 is 19.7 Å². The van der Waals surface area contributed by atoms with E-state index in [1.807, 2.05) is 12.1 Å². The van der Waals surface area contributed by atoms with Gasteiger partial charge in [-0.2, -0.15) is 0 Å². The number of furan rings is 1. The van der Waals surface area contributed by atoms with E-state index >= 15 is 0 Å². The van der Waals surface area contributed by atoms with Gasteiger partial charge in [0.05, 0.1) is 32.6 Å². The summed E-state index contributed by atoms with van der Waals surface area (Å²) in [5.74, 6) is 1.17. The van der Waals surface area contributed by atoms with Crippen molar-refractivity contribution in [1.82, 2.24) is 0 Å². The second kappa shape index (κ2) is 7.87. The molecule has 0 unspecified atom stereocenters. The number of benzene rings is 2. The summed E-state index contributed by atoms with van der Waals surface area (Å²) in [4.78, 5) is 26.3. The Labute approximate surface area is 168 Å². The Hall–Kier alpha value is -3.48. The molecule has 1 aromatic heterocycles.